The van der Waals surface area contributed by atoms with Gasteiger partial charge in [0, 0.05) is 49.2 Å². The molecule has 1 aromatic carbocycles. The largest absolute Gasteiger partial charge is 0.472 e. The predicted octanol–water partition coefficient (Wildman–Crippen LogP) is 4.63. The number of halogens is 3. The zero-order valence-electron chi connectivity index (χ0n) is 18.8. The molecule has 180 valence electrons. The molecule has 5 rings (SSSR count). The Labute approximate surface area is 202 Å². The van der Waals surface area contributed by atoms with E-state index in [1.807, 2.05) is 12.4 Å². The van der Waals surface area contributed by atoms with Gasteiger partial charge in [0.1, 0.15) is 17.7 Å². The standard InChI is InChI=1S/C25H27ClF2N4O2/c26-18-2-1-17(23(28)14-18)13-19-3-4-22(27)25(30-19)34-20-5-9-31(10-6-20)16-24-29-8-11-32(24)15-21-7-12-33-21/h1-4,8,11,14,20-21H,5-7,9-10,12-13,15-16H2/t21-/m0/s1. The maximum atomic E-state index is 14.4. The Morgan fingerprint density at radius 3 is 2.65 bits per heavy atom. The van der Waals surface area contributed by atoms with Crippen LogP contribution in [0.5, 0.6) is 5.88 Å². The van der Waals surface area contributed by atoms with Crippen molar-refractivity contribution >= 4 is 11.6 Å². The SMILES string of the molecule is Fc1cc(Cl)ccc1Cc1ccc(F)c(OC2CCN(Cc3nccn3C[C@@H]3CCO3)CC2)n1. The quantitative estimate of drug-likeness (QED) is 0.462. The highest BCUT2D eigenvalue weighted by Crippen LogP contribution is 2.24. The molecule has 0 unspecified atom stereocenters. The smallest absolute Gasteiger partial charge is 0.250 e. The maximum absolute atomic E-state index is 14.4. The van der Waals surface area contributed by atoms with E-state index in [-0.39, 0.29) is 18.4 Å². The maximum Gasteiger partial charge on any atom is 0.250 e. The Bertz CT molecular complexity index is 1130. The first-order chi connectivity index (χ1) is 16.5. The van der Waals surface area contributed by atoms with Gasteiger partial charge in [-0.2, -0.15) is 0 Å². The first-order valence-corrected chi connectivity index (χ1v) is 12.0. The summed E-state index contributed by atoms with van der Waals surface area (Å²) in [6, 6.07) is 7.38. The normalized spacial score (nSPS) is 19.2. The molecular formula is C25H27ClF2N4O2. The first kappa shape index (κ1) is 23.2. The van der Waals surface area contributed by atoms with Crippen molar-refractivity contribution in [1.29, 1.82) is 0 Å². The Morgan fingerprint density at radius 1 is 1.09 bits per heavy atom. The van der Waals surface area contributed by atoms with Crippen molar-refractivity contribution < 1.29 is 18.3 Å². The Hall–Kier alpha value is -2.55. The van der Waals surface area contributed by atoms with E-state index in [9.17, 15) is 8.78 Å². The van der Waals surface area contributed by atoms with Gasteiger partial charge in [-0.15, -0.1) is 0 Å². The van der Waals surface area contributed by atoms with Crippen molar-refractivity contribution in [1.82, 2.24) is 19.4 Å². The molecule has 4 heterocycles. The van der Waals surface area contributed by atoms with Gasteiger partial charge in [0.25, 0.3) is 5.88 Å². The van der Waals surface area contributed by atoms with Crippen molar-refractivity contribution in [2.75, 3.05) is 19.7 Å². The molecule has 6 nitrogen and oxygen atoms in total. The van der Waals surface area contributed by atoms with Gasteiger partial charge in [0.05, 0.1) is 19.2 Å². The summed E-state index contributed by atoms with van der Waals surface area (Å²) in [5, 5.41) is 0.333. The number of aromatic nitrogens is 3. The van der Waals surface area contributed by atoms with Crippen LogP contribution < -0.4 is 4.74 Å². The Morgan fingerprint density at radius 2 is 1.91 bits per heavy atom. The summed E-state index contributed by atoms with van der Waals surface area (Å²) in [6.45, 7) is 4.11. The van der Waals surface area contributed by atoms with Crippen LogP contribution in [0.25, 0.3) is 0 Å². The van der Waals surface area contributed by atoms with Gasteiger partial charge in [-0.3, -0.25) is 4.90 Å². The van der Waals surface area contributed by atoms with Crippen LogP contribution >= 0.6 is 11.6 Å². The molecule has 0 N–H and O–H groups in total. The molecule has 2 aliphatic rings. The molecule has 0 aliphatic carbocycles. The lowest BCUT2D eigenvalue weighted by atomic mass is 10.1. The number of benzene rings is 1. The number of hydrogen-bond acceptors (Lipinski definition) is 5. The fraction of sp³-hybridized carbons (Fsp3) is 0.440. The summed E-state index contributed by atoms with van der Waals surface area (Å²) in [7, 11) is 0. The van der Waals surface area contributed by atoms with Crippen molar-refractivity contribution in [2.45, 2.75) is 51.0 Å². The van der Waals surface area contributed by atoms with Crippen LogP contribution in [0.4, 0.5) is 8.78 Å². The lowest BCUT2D eigenvalue weighted by Gasteiger charge is -2.32. The zero-order chi connectivity index (χ0) is 23.5. The highest BCUT2D eigenvalue weighted by Gasteiger charge is 2.25. The van der Waals surface area contributed by atoms with Crippen LogP contribution in [-0.2, 0) is 24.2 Å². The summed E-state index contributed by atoms with van der Waals surface area (Å²) < 4.78 is 42.2. The van der Waals surface area contributed by atoms with Crippen molar-refractivity contribution in [3.63, 3.8) is 0 Å². The lowest BCUT2D eigenvalue weighted by molar-refractivity contribution is -0.0598. The third-order valence-corrected chi connectivity index (χ3v) is 6.67. The highest BCUT2D eigenvalue weighted by molar-refractivity contribution is 6.30. The minimum absolute atomic E-state index is 0.0265. The molecule has 2 fully saturated rings. The molecule has 2 aromatic heterocycles. The zero-order valence-corrected chi connectivity index (χ0v) is 19.6. The third kappa shape index (κ3) is 5.56. The third-order valence-electron chi connectivity index (χ3n) is 6.43. The van der Waals surface area contributed by atoms with Gasteiger partial charge in [0.2, 0.25) is 0 Å². The van der Waals surface area contributed by atoms with Crippen LogP contribution in [0.1, 0.15) is 36.3 Å². The number of nitrogens with zero attached hydrogens (tertiary/aromatic N) is 4. The monoisotopic (exact) mass is 488 g/mol. The predicted molar refractivity (Wildman–Crippen MR) is 124 cm³/mol. The number of imidazole rings is 1. The van der Waals surface area contributed by atoms with E-state index >= 15 is 0 Å². The topological polar surface area (TPSA) is 52.4 Å². The van der Waals surface area contributed by atoms with Gasteiger partial charge in [0.15, 0.2) is 5.82 Å². The van der Waals surface area contributed by atoms with E-state index in [1.54, 1.807) is 18.2 Å². The summed E-state index contributed by atoms with van der Waals surface area (Å²) in [5.74, 6) is 0.0865. The van der Waals surface area contributed by atoms with E-state index in [0.29, 0.717) is 22.4 Å². The average Bonchev–Trinajstić information content (AvgIpc) is 3.23. The number of pyridine rings is 1. The number of likely N-dealkylation sites (tertiary alicyclic amines) is 1. The minimum Gasteiger partial charge on any atom is -0.472 e. The van der Waals surface area contributed by atoms with Gasteiger partial charge < -0.3 is 14.0 Å². The van der Waals surface area contributed by atoms with E-state index in [0.717, 1.165) is 57.9 Å². The van der Waals surface area contributed by atoms with Gasteiger partial charge in [-0.1, -0.05) is 17.7 Å². The van der Waals surface area contributed by atoms with Crippen LogP contribution in [0, 0.1) is 11.6 Å². The molecule has 2 saturated heterocycles. The van der Waals surface area contributed by atoms with Crippen molar-refractivity contribution in [3.05, 3.63) is 76.5 Å². The van der Waals surface area contributed by atoms with Crippen molar-refractivity contribution in [2.24, 2.45) is 0 Å². The molecular weight excluding hydrogens is 462 g/mol. The van der Waals surface area contributed by atoms with E-state index in [1.165, 1.54) is 12.1 Å². The molecule has 9 heteroatoms. The summed E-state index contributed by atoms with van der Waals surface area (Å²) >= 11 is 5.82. The molecule has 0 amide bonds. The summed E-state index contributed by atoms with van der Waals surface area (Å²) in [6.07, 6.45) is 6.88. The molecule has 2 aliphatic heterocycles. The van der Waals surface area contributed by atoms with E-state index in [4.69, 9.17) is 21.1 Å². The fourth-order valence-corrected chi connectivity index (χ4v) is 4.51. The molecule has 1 atom stereocenters. The summed E-state index contributed by atoms with van der Waals surface area (Å²) in [5.41, 5.74) is 0.988. The minimum atomic E-state index is -0.511. The van der Waals surface area contributed by atoms with Crippen LogP contribution in [0.3, 0.4) is 0 Å². The number of rotatable bonds is 8. The van der Waals surface area contributed by atoms with Crippen molar-refractivity contribution in [3.8, 4) is 5.88 Å². The molecule has 0 spiro atoms. The Kier molecular flexibility index (Phi) is 7.08. The Balaban J connectivity index is 1.16. The second kappa shape index (κ2) is 10.4. The van der Waals surface area contributed by atoms with Crippen LogP contribution in [0.2, 0.25) is 5.02 Å². The van der Waals surface area contributed by atoms with Gasteiger partial charge in [-0.25, -0.2) is 18.7 Å². The average molecular weight is 489 g/mol. The fourth-order valence-electron chi connectivity index (χ4n) is 4.35. The second-order valence-corrected chi connectivity index (χ2v) is 9.31. The summed E-state index contributed by atoms with van der Waals surface area (Å²) in [4.78, 5) is 11.2. The van der Waals surface area contributed by atoms with Crippen LogP contribution in [0.15, 0.2) is 42.7 Å². The second-order valence-electron chi connectivity index (χ2n) is 8.87. The highest BCUT2D eigenvalue weighted by atomic mass is 35.5. The lowest BCUT2D eigenvalue weighted by Crippen LogP contribution is -2.39. The van der Waals surface area contributed by atoms with E-state index < -0.39 is 11.6 Å². The molecule has 3 aromatic rings. The number of piperidine rings is 1. The number of ether oxygens (including phenoxy) is 2. The first-order valence-electron chi connectivity index (χ1n) is 11.6. The molecule has 0 saturated carbocycles. The number of hydrogen-bond donors (Lipinski definition) is 0. The molecule has 0 radical (unpaired) electrons. The van der Waals surface area contributed by atoms with E-state index in [2.05, 4.69) is 19.4 Å². The van der Waals surface area contributed by atoms with Crippen LogP contribution in [-0.4, -0.2) is 51.3 Å². The molecule has 0 bridgehead atoms. The van der Waals surface area contributed by atoms with Gasteiger partial charge in [-0.05, 0) is 49.1 Å². The molecule has 34 heavy (non-hydrogen) atoms. The van der Waals surface area contributed by atoms with Gasteiger partial charge >= 0.3 is 0 Å².